The third-order valence-corrected chi connectivity index (χ3v) is 1.27. The number of amides is 1. The molecule has 0 heterocycles. The summed E-state index contributed by atoms with van der Waals surface area (Å²) in [4.78, 5) is 21.2. The van der Waals surface area contributed by atoms with Crippen molar-refractivity contribution in [2.75, 3.05) is 6.61 Å². The minimum atomic E-state index is -0.753. The largest absolute Gasteiger partial charge is 0.463 e. The standard InChI is InChI=1S/C8H12N2O3/c1-3-8(12)10-7(4-9)5-13-6(2)11/h7H,3,5H2,1-2H3,(H,10,12). The van der Waals surface area contributed by atoms with Crippen molar-refractivity contribution in [2.24, 2.45) is 0 Å². The van der Waals surface area contributed by atoms with Crippen molar-refractivity contribution in [3.63, 3.8) is 0 Å². The number of ether oxygens (including phenoxy) is 1. The van der Waals surface area contributed by atoms with E-state index in [4.69, 9.17) is 5.26 Å². The number of carbonyl (C=O) groups is 2. The molecule has 0 saturated heterocycles. The first-order chi connectivity index (χ1) is 6.10. The number of nitriles is 1. The van der Waals surface area contributed by atoms with Gasteiger partial charge in [-0.1, -0.05) is 6.92 Å². The van der Waals surface area contributed by atoms with E-state index < -0.39 is 12.0 Å². The minimum absolute atomic E-state index is 0.0996. The summed E-state index contributed by atoms with van der Waals surface area (Å²) in [6.07, 6.45) is 0.304. The molecule has 0 rings (SSSR count). The molecule has 0 aliphatic heterocycles. The van der Waals surface area contributed by atoms with Crippen LogP contribution in [0.4, 0.5) is 0 Å². The Kier molecular flexibility index (Phi) is 5.28. The predicted octanol–water partition coefficient (Wildman–Crippen LogP) is -0.0321. The summed E-state index contributed by atoms with van der Waals surface area (Å²) in [6.45, 7) is 2.82. The number of hydrogen-bond donors (Lipinski definition) is 1. The van der Waals surface area contributed by atoms with E-state index in [2.05, 4.69) is 10.1 Å². The smallest absolute Gasteiger partial charge is 0.302 e. The molecule has 0 aromatic carbocycles. The van der Waals surface area contributed by atoms with Crippen molar-refractivity contribution in [1.29, 1.82) is 5.26 Å². The number of carbonyl (C=O) groups excluding carboxylic acids is 2. The molecule has 1 unspecified atom stereocenters. The minimum Gasteiger partial charge on any atom is -0.463 e. The summed E-state index contributed by atoms with van der Waals surface area (Å²) in [5, 5.41) is 10.9. The molecule has 1 N–H and O–H groups in total. The van der Waals surface area contributed by atoms with Crippen LogP contribution in [0, 0.1) is 11.3 Å². The maximum absolute atomic E-state index is 10.8. The summed E-state index contributed by atoms with van der Waals surface area (Å²) in [5.74, 6) is -0.704. The van der Waals surface area contributed by atoms with Crippen LogP contribution < -0.4 is 5.32 Å². The highest BCUT2D eigenvalue weighted by molar-refractivity contribution is 5.76. The van der Waals surface area contributed by atoms with E-state index in [-0.39, 0.29) is 12.5 Å². The van der Waals surface area contributed by atoms with Crippen molar-refractivity contribution < 1.29 is 14.3 Å². The average Bonchev–Trinajstić information content (AvgIpc) is 2.11. The van der Waals surface area contributed by atoms with E-state index in [1.54, 1.807) is 6.92 Å². The van der Waals surface area contributed by atoms with Crippen molar-refractivity contribution in [2.45, 2.75) is 26.3 Å². The molecule has 72 valence electrons. The summed E-state index contributed by atoms with van der Waals surface area (Å²) >= 11 is 0. The van der Waals surface area contributed by atoms with Crippen LogP contribution in [0.15, 0.2) is 0 Å². The molecule has 0 spiro atoms. The van der Waals surface area contributed by atoms with Crippen molar-refractivity contribution >= 4 is 11.9 Å². The lowest BCUT2D eigenvalue weighted by Crippen LogP contribution is -2.37. The third-order valence-electron chi connectivity index (χ3n) is 1.27. The molecule has 0 fully saturated rings. The van der Waals surface area contributed by atoms with E-state index in [0.29, 0.717) is 6.42 Å². The Labute approximate surface area is 76.7 Å². The quantitative estimate of drug-likeness (QED) is 0.622. The molecule has 13 heavy (non-hydrogen) atoms. The highest BCUT2D eigenvalue weighted by Crippen LogP contribution is 1.87. The van der Waals surface area contributed by atoms with Gasteiger partial charge in [0.2, 0.25) is 5.91 Å². The molecule has 5 heteroatoms. The van der Waals surface area contributed by atoms with Gasteiger partial charge < -0.3 is 10.1 Å². The molecule has 0 radical (unpaired) electrons. The molecule has 5 nitrogen and oxygen atoms in total. The van der Waals surface area contributed by atoms with Crippen LogP contribution >= 0.6 is 0 Å². The Morgan fingerprint density at radius 2 is 2.23 bits per heavy atom. The molecule has 1 amide bonds. The van der Waals surface area contributed by atoms with Gasteiger partial charge in [-0.25, -0.2) is 0 Å². The summed E-state index contributed by atoms with van der Waals surface area (Å²) in [5.41, 5.74) is 0. The second-order valence-electron chi connectivity index (χ2n) is 2.41. The fourth-order valence-electron chi connectivity index (χ4n) is 0.608. The second kappa shape index (κ2) is 6.00. The molecular formula is C8H12N2O3. The van der Waals surface area contributed by atoms with Crippen LogP contribution in [-0.2, 0) is 14.3 Å². The first kappa shape index (κ1) is 11.4. The maximum Gasteiger partial charge on any atom is 0.302 e. The lowest BCUT2D eigenvalue weighted by atomic mass is 10.3. The molecule has 0 aliphatic rings. The summed E-state index contributed by atoms with van der Waals surface area (Å²) < 4.78 is 4.56. The van der Waals surface area contributed by atoms with Gasteiger partial charge in [0, 0.05) is 13.3 Å². The zero-order valence-corrected chi connectivity index (χ0v) is 7.66. The van der Waals surface area contributed by atoms with Crippen LogP contribution in [0.25, 0.3) is 0 Å². The molecule has 0 saturated carbocycles. The number of hydrogen-bond acceptors (Lipinski definition) is 4. The van der Waals surface area contributed by atoms with Gasteiger partial charge in [0.05, 0.1) is 6.07 Å². The molecular weight excluding hydrogens is 172 g/mol. The fourth-order valence-corrected chi connectivity index (χ4v) is 0.608. The number of nitrogens with one attached hydrogen (secondary N) is 1. The molecule has 0 aromatic rings. The van der Waals surface area contributed by atoms with E-state index in [1.807, 2.05) is 6.07 Å². The second-order valence-corrected chi connectivity index (χ2v) is 2.41. The zero-order valence-electron chi connectivity index (χ0n) is 7.66. The first-order valence-electron chi connectivity index (χ1n) is 3.92. The maximum atomic E-state index is 10.8. The Bertz CT molecular complexity index is 232. The SMILES string of the molecule is CCC(=O)NC(C#N)COC(C)=O. The lowest BCUT2D eigenvalue weighted by molar-refractivity contribution is -0.141. The monoisotopic (exact) mass is 184 g/mol. The summed E-state index contributed by atoms with van der Waals surface area (Å²) in [6, 6.07) is 1.06. The Balaban J connectivity index is 3.84. The Morgan fingerprint density at radius 3 is 2.62 bits per heavy atom. The van der Waals surface area contributed by atoms with Crippen LogP contribution in [-0.4, -0.2) is 24.5 Å². The van der Waals surface area contributed by atoms with Crippen LogP contribution in [0.2, 0.25) is 0 Å². The van der Waals surface area contributed by atoms with E-state index in [1.165, 1.54) is 6.92 Å². The highest BCUT2D eigenvalue weighted by atomic mass is 16.5. The fraction of sp³-hybridized carbons (Fsp3) is 0.625. The van der Waals surface area contributed by atoms with Gasteiger partial charge in [-0.2, -0.15) is 5.26 Å². The Morgan fingerprint density at radius 1 is 1.62 bits per heavy atom. The molecule has 1 atom stereocenters. The molecule has 0 aliphatic carbocycles. The molecule has 0 aromatic heterocycles. The number of nitrogens with zero attached hydrogens (tertiary/aromatic N) is 1. The number of esters is 1. The highest BCUT2D eigenvalue weighted by Gasteiger charge is 2.10. The van der Waals surface area contributed by atoms with Crippen LogP contribution in [0.1, 0.15) is 20.3 Å². The van der Waals surface area contributed by atoms with Crippen molar-refractivity contribution in [3.8, 4) is 6.07 Å². The topological polar surface area (TPSA) is 79.2 Å². The van der Waals surface area contributed by atoms with Crippen LogP contribution in [0.3, 0.4) is 0 Å². The zero-order chi connectivity index (χ0) is 10.3. The number of rotatable bonds is 4. The van der Waals surface area contributed by atoms with Crippen LogP contribution in [0.5, 0.6) is 0 Å². The van der Waals surface area contributed by atoms with Gasteiger partial charge in [-0.15, -0.1) is 0 Å². The Hall–Kier alpha value is -1.57. The van der Waals surface area contributed by atoms with E-state index >= 15 is 0 Å². The van der Waals surface area contributed by atoms with Gasteiger partial charge in [0.15, 0.2) is 6.04 Å². The first-order valence-corrected chi connectivity index (χ1v) is 3.92. The van der Waals surface area contributed by atoms with E-state index in [9.17, 15) is 9.59 Å². The normalized spacial score (nSPS) is 11.2. The van der Waals surface area contributed by atoms with Gasteiger partial charge in [0.25, 0.3) is 0 Å². The van der Waals surface area contributed by atoms with E-state index in [0.717, 1.165) is 0 Å². The predicted molar refractivity (Wildman–Crippen MR) is 44.5 cm³/mol. The van der Waals surface area contributed by atoms with Crippen molar-refractivity contribution in [1.82, 2.24) is 5.32 Å². The third kappa shape index (κ3) is 5.67. The van der Waals surface area contributed by atoms with Gasteiger partial charge >= 0.3 is 5.97 Å². The molecule has 0 bridgehead atoms. The van der Waals surface area contributed by atoms with Gasteiger partial charge in [-0.05, 0) is 0 Å². The summed E-state index contributed by atoms with van der Waals surface area (Å²) in [7, 11) is 0. The van der Waals surface area contributed by atoms with Gasteiger partial charge in [0.1, 0.15) is 6.61 Å². The van der Waals surface area contributed by atoms with Crippen molar-refractivity contribution in [3.05, 3.63) is 0 Å². The van der Waals surface area contributed by atoms with Gasteiger partial charge in [-0.3, -0.25) is 9.59 Å². The average molecular weight is 184 g/mol. The lowest BCUT2D eigenvalue weighted by Gasteiger charge is -2.09.